The first kappa shape index (κ1) is 22.2. The van der Waals surface area contributed by atoms with Crippen molar-refractivity contribution in [3.63, 3.8) is 0 Å². The van der Waals surface area contributed by atoms with E-state index in [1.165, 1.54) is 48.5 Å². The summed E-state index contributed by atoms with van der Waals surface area (Å²) in [4.78, 5) is 31.0. The second-order valence-corrected chi connectivity index (χ2v) is 8.65. The minimum Gasteiger partial charge on any atom is -0.325 e. The predicted molar refractivity (Wildman–Crippen MR) is 112 cm³/mol. The molecule has 1 amide bonds. The molecule has 158 valence electrons. The number of aromatic nitrogens is 2. The van der Waals surface area contributed by atoms with Crippen molar-refractivity contribution in [1.82, 2.24) is 9.97 Å². The van der Waals surface area contributed by atoms with Crippen molar-refractivity contribution in [3.8, 4) is 17.3 Å². The van der Waals surface area contributed by atoms with Crippen LogP contribution in [0.1, 0.15) is 5.56 Å². The first-order valence-electron chi connectivity index (χ1n) is 8.53. The number of amides is 1. The lowest BCUT2D eigenvalue weighted by molar-refractivity contribution is -0.113. The van der Waals surface area contributed by atoms with Crippen LogP contribution in [0.2, 0.25) is 0 Å². The Morgan fingerprint density at radius 2 is 1.84 bits per heavy atom. The van der Waals surface area contributed by atoms with Crippen molar-refractivity contribution in [2.24, 2.45) is 5.14 Å². The van der Waals surface area contributed by atoms with Gasteiger partial charge >= 0.3 is 0 Å². The lowest BCUT2D eigenvalue weighted by Crippen LogP contribution is -2.17. The van der Waals surface area contributed by atoms with E-state index in [0.29, 0.717) is 11.3 Å². The zero-order valence-electron chi connectivity index (χ0n) is 15.6. The molecule has 3 rings (SSSR count). The number of hydrogen-bond acceptors (Lipinski definition) is 7. The molecule has 0 bridgehead atoms. The number of carbonyl (C=O) groups is 1. The highest BCUT2D eigenvalue weighted by Crippen LogP contribution is 2.22. The number of aromatic amines is 1. The third-order valence-corrected chi connectivity index (χ3v) is 5.74. The number of sulfonamides is 1. The van der Waals surface area contributed by atoms with Crippen LogP contribution in [0.5, 0.6) is 0 Å². The van der Waals surface area contributed by atoms with Crippen molar-refractivity contribution in [2.75, 3.05) is 11.1 Å². The summed E-state index contributed by atoms with van der Waals surface area (Å²) in [6.45, 7) is 0. The SMILES string of the molecule is N#Cc1c(-c2ccc(F)cc2)nc(SCC(=O)Nc2ccc(S(N)(=O)=O)cc2)[nH]c1=O. The number of rotatable bonds is 6. The molecule has 0 spiro atoms. The Morgan fingerprint density at radius 1 is 1.19 bits per heavy atom. The number of hydrogen-bond donors (Lipinski definition) is 3. The summed E-state index contributed by atoms with van der Waals surface area (Å²) in [5.41, 5.74) is -0.0991. The van der Waals surface area contributed by atoms with E-state index in [9.17, 15) is 27.7 Å². The minimum absolute atomic E-state index is 0.0766. The molecule has 0 saturated carbocycles. The van der Waals surface area contributed by atoms with Crippen LogP contribution in [-0.4, -0.2) is 30.0 Å². The molecule has 0 atom stereocenters. The second kappa shape index (κ2) is 9.09. The van der Waals surface area contributed by atoms with Gasteiger partial charge in [-0.15, -0.1) is 0 Å². The van der Waals surface area contributed by atoms with Crippen molar-refractivity contribution >= 4 is 33.4 Å². The fraction of sp³-hybridized carbons (Fsp3) is 0.0526. The molecule has 3 aromatic rings. The van der Waals surface area contributed by atoms with Gasteiger partial charge in [0, 0.05) is 11.3 Å². The molecular weight excluding hydrogens is 445 g/mol. The van der Waals surface area contributed by atoms with E-state index in [2.05, 4.69) is 15.3 Å². The summed E-state index contributed by atoms with van der Waals surface area (Å²) < 4.78 is 35.7. The predicted octanol–water partition coefficient (Wildman–Crippen LogP) is 1.83. The van der Waals surface area contributed by atoms with Crippen molar-refractivity contribution in [1.29, 1.82) is 5.26 Å². The Morgan fingerprint density at radius 3 is 2.42 bits per heavy atom. The normalized spacial score (nSPS) is 11.0. The third kappa shape index (κ3) is 5.54. The third-order valence-electron chi connectivity index (χ3n) is 3.93. The van der Waals surface area contributed by atoms with Crippen molar-refractivity contribution < 1.29 is 17.6 Å². The summed E-state index contributed by atoms with van der Waals surface area (Å²) in [7, 11) is -3.84. The molecule has 0 aliphatic rings. The molecular formula is C19H14FN5O4S2. The highest BCUT2D eigenvalue weighted by atomic mass is 32.2. The van der Waals surface area contributed by atoms with Gasteiger partial charge in [-0.25, -0.2) is 22.9 Å². The number of nitrogens with two attached hydrogens (primary N) is 1. The molecule has 31 heavy (non-hydrogen) atoms. The van der Waals surface area contributed by atoms with E-state index in [1.807, 2.05) is 0 Å². The number of carbonyl (C=O) groups excluding carboxylic acids is 1. The molecule has 9 nitrogen and oxygen atoms in total. The van der Waals surface area contributed by atoms with Gasteiger partial charge in [0.1, 0.15) is 17.4 Å². The summed E-state index contributed by atoms with van der Waals surface area (Å²) in [6, 6.07) is 12.2. The fourth-order valence-electron chi connectivity index (χ4n) is 2.50. The first-order chi connectivity index (χ1) is 14.7. The van der Waals surface area contributed by atoms with E-state index < -0.39 is 27.3 Å². The first-order valence-corrected chi connectivity index (χ1v) is 11.1. The van der Waals surface area contributed by atoms with Crippen LogP contribution < -0.4 is 16.0 Å². The molecule has 4 N–H and O–H groups in total. The van der Waals surface area contributed by atoms with Gasteiger partial charge in [-0.2, -0.15) is 5.26 Å². The Kier molecular flexibility index (Phi) is 6.50. The zero-order valence-corrected chi connectivity index (χ0v) is 17.3. The van der Waals surface area contributed by atoms with E-state index in [-0.39, 0.29) is 27.1 Å². The minimum atomic E-state index is -3.84. The molecule has 0 aliphatic carbocycles. The van der Waals surface area contributed by atoms with Crippen molar-refractivity contribution in [3.05, 3.63) is 70.3 Å². The quantitative estimate of drug-likeness (QED) is 0.374. The Labute approximate surface area is 180 Å². The Bertz CT molecular complexity index is 1330. The van der Waals surface area contributed by atoms with Gasteiger partial charge in [-0.1, -0.05) is 11.8 Å². The fourth-order valence-corrected chi connectivity index (χ4v) is 3.68. The summed E-state index contributed by atoms with van der Waals surface area (Å²) in [5.74, 6) is -1.05. The van der Waals surface area contributed by atoms with Gasteiger partial charge in [0.05, 0.1) is 16.3 Å². The molecule has 0 radical (unpaired) electrons. The van der Waals surface area contributed by atoms with Crippen LogP contribution in [0.25, 0.3) is 11.3 Å². The standard InChI is InChI=1S/C19H14FN5O4S2/c20-12-3-1-11(2-4-12)17-15(9-21)18(27)25-19(24-17)30-10-16(26)23-13-5-7-14(8-6-13)31(22,28)29/h1-8H,10H2,(H,23,26)(H2,22,28,29)(H,24,25,27). The number of nitrogens with one attached hydrogen (secondary N) is 2. The number of thioether (sulfide) groups is 1. The van der Waals surface area contributed by atoms with Gasteiger partial charge in [-0.05, 0) is 48.5 Å². The lowest BCUT2D eigenvalue weighted by Gasteiger charge is -2.08. The summed E-state index contributed by atoms with van der Waals surface area (Å²) in [5, 5.41) is 17.0. The molecule has 0 fully saturated rings. The van der Waals surface area contributed by atoms with Crippen LogP contribution in [0.15, 0.2) is 63.4 Å². The van der Waals surface area contributed by atoms with E-state index in [4.69, 9.17) is 5.14 Å². The maximum Gasteiger partial charge on any atom is 0.270 e. The Hall–Kier alpha value is -3.53. The van der Waals surface area contributed by atoms with Crippen LogP contribution in [0, 0.1) is 17.1 Å². The number of H-pyrrole nitrogens is 1. The maximum atomic E-state index is 13.2. The Balaban J connectivity index is 1.74. The monoisotopic (exact) mass is 459 g/mol. The van der Waals surface area contributed by atoms with E-state index in [0.717, 1.165) is 11.8 Å². The highest BCUT2D eigenvalue weighted by molar-refractivity contribution is 7.99. The topological polar surface area (TPSA) is 159 Å². The van der Waals surface area contributed by atoms with E-state index in [1.54, 1.807) is 6.07 Å². The van der Waals surface area contributed by atoms with E-state index >= 15 is 0 Å². The number of benzene rings is 2. The maximum absolute atomic E-state index is 13.2. The average Bonchev–Trinajstić information content (AvgIpc) is 2.72. The van der Waals surface area contributed by atoms with Gasteiger partial charge in [0.15, 0.2) is 5.16 Å². The molecule has 2 aromatic carbocycles. The molecule has 1 aromatic heterocycles. The zero-order chi connectivity index (χ0) is 22.6. The number of nitriles is 1. The molecule has 0 aliphatic heterocycles. The number of nitrogens with zero attached hydrogens (tertiary/aromatic N) is 2. The second-order valence-electron chi connectivity index (χ2n) is 6.12. The van der Waals surface area contributed by atoms with Gasteiger partial charge in [0.2, 0.25) is 15.9 Å². The molecule has 0 unspecified atom stereocenters. The molecule has 0 saturated heterocycles. The highest BCUT2D eigenvalue weighted by Gasteiger charge is 2.15. The van der Waals surface area contributed by atoms with Gasteiger partial charge in [-0.3, -0.25) is 9.59 Å². The number of halogens is 1. The van der Waals surface area contributed by atoms with Crippen LogP contribution in [-0.2, 0) is 14.8 Å². The molecule has 12 heteroatoms. The summed E-state index contributed by atoms with van der Waals surface area (Å²) in [6.07, 6.45) is 0. The smallest absolute Gasteiger partial charge is 0.270 e. The van der Waals surface area contributed by atoms with Gasteiger partial charge in [0.25, 0.3) is 5.56 Å². The van der Waals surface area contributed by atoms with Gasteiger partial charge < -0.3 is 10.3 Å². The number of anilines is 1. The van der Waals surface area contributed by atoms with Crippen molar-refractivity contribution in [2.45, 2.75) is 10.1 Å². The molecule has 1 heterocycles. The largest absolute Gasteiger partial charge is 0.325 e. The lowest BCUT2D eigenvalue weighted by atomic mass is 10.1. The van der Waals surface area contributed by atoms with Crippen LogP contribution in [0.4, 0.5) is 10.1 Å². The van der Waals surface area contributed by atoms with Crippen LogP contribution >= 0.6 is 11.8 Å². The average molecular weight is 459 g/mol. The number of primary sulfonamides is 1. The van der Waals surface area contributed by atoms with Crippen LogP contribution in [0.3, 0.4) is 0 Å². The summed E-state index contributed by atoms with van der Waals surface area (Å²) >= 11 is 0.922.